The molecule has 2 aromatic carbocycles. The van der Waals surface area contributed by atoms with Crippen LogP contribution in [0.15, 0.2) is 64.0 Å². The van der Waals surface area contributed by atoms with Crippen LogP contribution in [0.1, 0.15) is 53.3 Å². The van der Waals surface area contributed by atoms with Gasteiger partial charge in [-0.1, -0.05) is 66.1 Å². The van der Waals surface area contributed by atoms with E-state index < -0.39 is 5.76 Å². The lowest BCUT2D eigenvalue weighted by Crippen LogP contribution is -2.06. The third-order valence-corrected chi connectivity index (χ3v) is 7.19. The molecule has 0 aliphatic heterocycles. The summed E-state index contributed by atoms with van der Waals surface area (Å²) >= 11 is 6.40. The quantitative estimate of drug-likeness (QED) is 0.356. The normalized spacial score (nSPS) is 14.4. The molecule has 0 bridgehead atoms. The van der Waals surface area contributed by atoms with Gasteiger partial charge < -0.3 is 4.57 Å². The highest BCUT2D eigenvalue weighted by Crippen LogP contribution is 2.38. The molecule has 0 spiro atoms. The average molecular weight is 498 g/mol. The molecule has 180 valence electrons. The van der Waals surface area contributed by atoms with E-state index >= 15 is 0 Å². The number of allylic oxidation sites excluding steroid dienone is 1. The standard InChI is InChI=1S/C28H24ClN5O2/c1-3-23-31-25-22(29)12-13-30-27(25)34(23)15-17-8-11-21-19(14-17)10-9-18-6-4-5-7-20(18)24(21)16(2)26-32-28(35)36-33-26/h4-8,11-14H,3,9-10,15H2,1-2H3,(H,32,33,35)/b24-16+. The number of benzene rings is 2. The van der Waals surface area contributed by atoms with Gasteiger partial charge in [0, 0.05) is 18.2 Å². The van der Waals surface area contributed by atoms with Crippen molar-refractivity contribution in [3.05, 3.63) is 110 Å². The van der Waals surface area contributed by atoms with Crippen molar-refractivity contribution in [2.24, 2.45) is 0 Å². The number of H-pyrrole nitrogens is 1. The lowest BCUT2D eigenvalue weighted by Gasteiger charge is -2.16. The molecule has 8 heteroatoms. The Kier molecular flexibility index (Phi) is 5.57. The van der Waals surface area contributed by atoms with E-state index in [1.165, 1.54) is 16.7 Å². The van der Waals surface area contributed by atoms with Crippen molar-refractivity contribution in [2.75, 3.05) is 0 Å². The maximum Gasteiger partial charge on any atom is 0.439 e. The number of halogens is 1. The number of nitrogens with zero attached hydrogens (tertiary/aromatic N) is 4. The van der Waals surface area contributed by atoms with E-state index in [1.807, 2.05) is 13.0 Å². The van der Waals surface area contributed by atoms with Gasteiger partial charge in [-0.2, -0.15) is 0 Å². The van der Waals surface area contributed by atoms with Crippen LogP contribution in [0.3, 0.4) is 0 Å². The fourth-order valence-electron chi connectivity index (χ4n) is 5.16. The molecule has 0 saturated carbocycles. The highest BCUT2D eigenvalue weighted by molar-refractivity contribution is 6.34. The number of imidazole rings is 1. The number of aryl methyl sites for hydroxylation is 3. The summed E-state index contributed by atoms with van der Waals surface area (Å²) in [4.78, 5) is 23.7. The average Bonchev–Trinajstić information content (AvgIpc) is 3.44. The molecule has 0 saturated heterocycles. The van der Waals surface area contributed by atoms with Crippen LogP contribution in [0.5, 0.6) is 0 Å². The summed E-state index contributed by atoms with van der Waals surface area (Å²) in [7, 11) is 0. The largest absolute Gasteiger partial charge is 0.439 e. The predicted octanol–water partition coefficient (Wildman–Crippen LogP) is 5.45. The summed E-state index contributed by atoms with van der Waals surface area (Å²) in [5.74, 6) is 0.844. The first-order valence-electron chi connectivity index (χ1n) is 12.0. The molecule has 5 aromatic rings. The highest BCUT2D eigenvalue weighted by Gasteiger charge is 2.23. The fourth-order valence-corrected chi connectivity index (χ4v) is 5.34. The summed E-state index contributed by atoms with van der Waals surface area (Å²) in [6.45, 7) is 4.72. The molecule has 0 amide bonds. The number of fused-ring (bicyclic) bond motifs is 3. The Morgan fingerprint density at radius 3 is 2.72 bits per heavy atom. The number of rotatable bonds is 4. The van der Waals surface area contributed by atoms with Gasteiger partial charge in [0.1, 0.15) is 11.3 Å². The van der Waals surface area contributed by atoms with E-state index in [9.17, 15) is 4.79 Å². The number of nitrogens with one attached hydrogen (secondary N) is 1. The van der Waals surface area contributed by atoms with Gasteiger partial charge in [0.2, 0.25) is 0 Å². The zero-order valence-corrected chi connectivity index (χ0v) is 20.8. The fraction of sp³-hybridized carbons (Fsp3) is 0.214. The third kappa shape index (κ3) is 3.76. The Morgan fingerprint density at radius 2 is 1.92 bits per heavy atom. The maximum absolute atomic E-state index is 11.7. The van der Waals surface area contributed by atoms with Gasteiger partial charge in [0.05, 0.1) is 11.6 Å². The summed E-state index contributed by atoms with van der Waals surface area (Å²) in [5, 5.41) is 4.58. The summed E-state index contributed by atoms with van der Waals surface area (Å²) < 4.78 is 6.96. The van der Waals surface area contributed by atoms with Gasteiger partial charge in [-0.3, -0.25) is 9.51 Å². The number of aromatic nitrogens is 5. The molecule has 1 N–H and O–H groups in total. The van der Waals surface area contributed by atoms with Crippen LogP contribution in [-0.4, -0.2) is 24.7 Å². The number of pyridine rings is 1. The van der Waals surface area contributed by atoms with Crippen LogP contribution in [0, 0.1) is 0 Å². The second-order valence-electron chi connectivity index (χ2n) is 9.03. The topological polar surface area (TPSA) is 89.6 Å². The number of hydrogen-bond acceptors (Lipinski definition) is 5. The molecule has 3 aromatic heterocycles. The zero-order chi connectivity index (χ0) is 24.8. The van der Waals surface area contributed by atoms with Gasteiger partial charge >= 0.3 is 5.76 Å². The molecule has 0 radical (unpaired) electrons. The lowest BCUT2D eigenvalue weighted by atomic mass is 9.89. The number of aromatic amines is 1. The van der Waals surface area contributed by atoms with E-state index in [0.29, 0.717) is 17.4 Å². The van der Waals surface area contributed by atoms with Crippen molar-refractivity contribution in [1.82, 2.24) is 24.7 Å². The minimum absolute atomic E-state index is 0.446. The summed E-state index contributed by atoms with van der Waals surface area (Å²) in [6.07, 6.45) is 4.34. The monoisotopic (exact) mass is 497 g/mol. The first-order chi connectivity index (χ1) is 17.5. The van der Waals surface area contributed by atoms with E-state index in [0.717, 1.165) is 58.5 Å². The van der Waals surface area contributed by atoms with Crippen molar-refractivity contribution in [3.63, 3.8) is 0 Å². The Hall–Kier alpha value is -3.97. The SMILES string of the molecule is CCc1nc2c(Cl)ccnc2n1Cc1ccc2c(c1)CCc1ccccc1/C2=C(/C)c1noc(=O)[nH]1. The Labute approximate surface area is 212 Å². The molecule has 1 aliphatic rings. The van der Waals surface area contributed by atoms with Crippen LogP contribution in [0.2, 0.25) is 5.02 Å². The van der Waals surface area contributed by atoms with Crippen LogP contribution >= 0.6 is 11.6 Å². The number of hydrogen-bond donors (Lipinski definition) is 1. The molecule has 0 atom stereocenters. The highest BCUT2D eigenvalue weighted by atomic mass is 35.5. The molecule has 6 rings (SSSR count). The first kappa shape index (κ1) is 22.5. The molecule has 0 fully saturated rings. The van der Waals surface area contributed by atoms with Gasteiger partial charge in [-0.05, 0) is 59.2 Å². The van der Waals surface area contributed by atoms with E-state index in [2.05, 4.69) is 63.0 Å². The van der Waals surface area contributed by atoms with Crippen LogP contribution in [0.4, 0.5) is 0 Å². The van der Waals surface area contributed by atoms with Gasteiger partial charge in [-0.25, -0.2) is 14.8 Å². The Balaban J connectivity index is 1.49. The molecule has 36 heavy (non-hydrogen) atoms. The van der Waals surface area contributed by atoms with E-state index in [4.69, 9.17) is 21.1 Å². The maximum atomic E-state index is 11.7. The van der Waals surface area contributed by atoms with Crippen molar-refractivity contribution in [2.45, 2.75) is 39.7 Å². The third-order valence-electron chi connectivity index (χ3n) is 6.88. The smallest absolute Gasteiger partial charge is 0.308 e. The van der Waals surface area contributed by atoms with Crippen molar-refractivity contribution in [3.8, 4) is 0 Å². The summed E-state index contributed by atoms with van der Waals surface area (Å²) in [5.41, 5.74) is 9.44. The minimum atomic E-state index is -0.560. The van der Waals surface area contributed by atoms with Crippen molar-refractivity contribution >= 4 is 33.9 Å². The molecule has 7 nitrogen and oxygen atoms in total. The summed E-state index contributed by atoms with van der Waals surface area (Å²) in [6, 6.07) is 16.8. The molecule has 0 unspecified atom stereocenters. The van der Waals surface area contributed by atoms with Gasteiger partial charge in [0.15, 0.2) is 11.5 Å². The van der Waals surface area contributed by atoms with Crippen LogP contribution in [-0.2, 0) is 25.8 Å². The van der Waals surface area contributed by atoms with Crippen molar-refractivity contribution < 1.29 is 4.52 Å². The van der Waals surface area contributed by atoms with Gasteiger partial charge in [-0.15, -0.1) is 0 Å². The molecule has 1 aliphatic carbocycles. The van der Waals surface area contributed by atoms with Crippen molar-refractivity contribution in [1.29, 1.82) is 0 Å². The zero-order valence-electron chi connectivity index (χ0n) is 20.0. The molecule has 3 heterocycles. The second-order valence-corrected chi connectivity index (χ2v) is 9.43. The lowest BCUT2D eigenvalue weighted by molar-refractivity contribution is 0.385. The first-order valence-corrected chi connectivity index (χ1v) is 12.4. The Morgan fingerprint density at radius 1 is 1.11 bits per heavy atom. The second kappa shape index (κ2) is 8.91. The van der Waals surface area contributed by atoms with E-state index in [-0.39, 0.29) is 0 Å². The van der Waals surface area contributed by atoms with E-state index in [1.54, 1.807) is 12.3 Å². The van der Waals surface area contributed by atoms with Crippen LogP contribution < -0.4 is 5.76 Å². The minimum Gasteiger partial charge on any atom is -0.308 e. The molecular formula is C28H24ClN5O2. The van der Waals surface area contributed by atoms with Gasteiger partial charge in [0.25, 0.3) is 0 Å². The Bertz CT molecular complexity index is 1710. The predicted molar refractivity (Wildman–Crippen MR) is 140 cm³/mol. The van der Waals surface area contributed by atoms with Crippen LogP contribution in [0.25, 0.3) is 22.3 Å². The molecular weight excluding hydrogens is 474 g/mol.